The minimum atomic E-state index is -0.579. The molecule has 0 aliphatic carbocycles. The van der Waals surface area contributed by atoms with Gasteiger partial charge in [0.2, 0.25) is 0 Å². The number of nitriles is 1. The van der Waals surface area contributed by atoms with E-state index in [1.807, 2.05) is 13.0 Å². The highest BCUT2D eigenvalue weighted by Gasteiger charge is 2.26. The second kappa shape index (κ2) is 6.76. The zero-order valence-electron chi connectivity index (χ0n) is 14.6. The lowest BCUT2D eigenvalue weighted by atomic mass is 9.97. The predicted molar refractivity (Wildman–Crippen MR) is 95.2 cm³/mol. The number of methoxy groups -OCH3 is 1. The summed E-state index contributed by atoms with van der Waals surface area (Å²) in [6.07, 6.45) is 1.80. The van der Waals surface area contributed by atoms with Crippen LogP contribution in [-0.4, -0.2) is 18.1 Å². The van der Waals surface area contributed by atoms with Crippen molar-refractivity contribution in [1.82, 2.24) is 4.98 Å². The molecule has 2 aromatic rings. The molecule has 7 nitrogen and oxygen atoms in total. The zero-order valence-corrected chi connectivity index (χ0v) is 14.6. The van der Waals surface area contributed by atoms with Crippen LogP contribution in [0.4, 0.5) is 5.69 Å². The molecule has 0 amide bonds. The quantitative estimate of drug-likeness (QED) is 0.650. The van der Waals surface area contributed by atoms with Crippen molar-refractivity contribution in [2.75, 3.05) is 12.4 Å². The Labute approximate surface area is 149 Å². The van der Waals surface area contributed by atoms with Crippen LogP contribution in [0.25, 0.3) is 0 Å². The molecule has 1 aliphatic rings. The van der Waals surface area contributed by atoms with Gasteiger partial charge in [0.15, 0.2) is 11.5 Å². The van der Waals surface area contributed by atoms with Gasteiger partial charge in [-0.2, -0.15) is 5.26 Å². The molecule has 0 radical (unpaired) electrons. The van der Waals surface area contributed by atoms with Crippen molar-refractivity contribution in [3.63, 3.8) is 0 Å². The smallest absolute Gasteiger partial charge is 0.341 e. The van der Waals surface area contributed by atoms with Gasteiger partial charge in [0.1, 0.15) is 0 Å². The summed E-state index contributed by atoms with van der Waals surface area (Å²) in [6.45, 7) is 3.64. The van der Waals surface area contributed by atoms with Crippen LogP contribution in [0.2, 0.25) is 0 Å². The number of pyridine rings is 1. The van der Waals surface area contributed by atoms with Gasteiger partial charge in [0, 0.05) is 29.9 Å². The fourth-order valence-electron chi connectivity index (χ4n) is 2.81. The van der Waals surface area contributed by atoms with Crippen molar-refractivity contribution in [3.8, 4) is 17.6 Å². The Morgan fingerprint density at radius 3 is 2.73 bits per heavy atom. The van der Waals surface area contributed by atoms with Crippen LogP contribution in [0.15, 0.2) is 40.5 Å². The Balaban J connectivity index is 1.91. The van der Waals surface area contributed by atoms with E-state index in [1.165, 1.54) is 25.3 Å². The van der Waals surface area contributed by atoms with Crippen LogP contribution in [0.3, 0.4) is 0 Å². The zero-order chi connectivity index (χ0) is 18.8. The van der Waals surface area contributed by atoms with Crippen LogP contribution in [0.5, 0.6) is 11.5 Å². The van der Waals surface area contributed by atoms with Crippen LogP contribution in [0.1, 0.15) is 23.6 Å². The number of ether oxygens (including phenoxy) is 2. The molecule has 0 saturated carbocycles. The summed E-state index contributed by atoms with van der Waals surface area (Å²) in [5.41, 5.74) is 3.25. The maximum Gasteiger partial charge on any atom is 0.341 e. The average Bonchev–Trinajstić information content (AvgIpc) is 2.64. The van der Waals surface area contributed by atoms with E-state index in [-0.39, 0.29) is 23.5 Å². The number of nitrogens with one attached hydrogen (secondary N) is 2. The number of rotatable bonds is 3. The van der Waals surface area contributed by atoms with E-state index >= 15 is 0 Å². The van der Waals surface area contributed by atoms with Gasteiger partial charge in [-0.05, 0) is 31.5 Å². The molecule has 1 aromatic carbocycles. The molecule has 132 valence electrons. The number of esters is 1. The number of carbonyl (C=O) groups excluding carboxylic acids is 1. The van der Waals surface area contributed by atoms with Crippen molar-refractivity contribution in [2.45, 2.75) is 20.3 Å². The van der Waals surface area contributed by atoms with Crippen molar-refractivity contribution >= 4 is 11.7 Å². The molecule has 1 aliphatic heterocycles. The molecule has 3 rings (SSSR count). The van der Waals surface area contributed by atoms with Crippen LogP contribution < -0.4 is 20.3 Å². The summed E-state index contributed by atoms with van der Waals surface area (Å²) < 4.78 is 10.6. The molecule has 0 saturated heterocycles. The maximum atomic E-state index is 12.7. The van der Waals surface area contributed by atoms with Crippen LogP contribution in [0, 0.1) is 18.3 Å². The largest absolute Gasteiger partial charge is 0.493 e. The molecule has 0 spiro atoms. The number of nitrogens with zero attached hydrogens (tertiary/aromatic N) is 1. The summed E-state index contributed by atoms with van der Waals surface area (Å²) in [6, 6.07) is 6.53. The second-order valence-electron chi connectivity index (χ2n) is 5.93. The van der Waals surface area contributed by atoms with Gasteiger partial charge < -0.3 is 19.8 Å². The second-order valence-corrected chi connectivity index (χ2v) is 5.93. The van der Waals surface area contributed by atoms with E-state index < -0.39 is 5.97 Å². The molecule has 7 heteroatoms. The first-order chi connectivity index (χ1) is 12.4. The number of carbonyl (C=O) groups is 1. The SMILES string of the molecule is COc1cc(C#N)ccc1OC(=O)C1=C(C)Nc2c(C)c[nH]c(=O)c2C1. The van der Waals surface area contributed by atoms with Gasteiger partial charge >= 0.3 is 5.97 Å². The number of anilines is 1. The van der Waals surface area contributed by atoms with E-state index in [4.69, 9.17) is 14.7 Å². The van der Waals surface area contributed by atoms with Gasteiger partial charge in [-0.15, -0.1) is 0 Å². The number of aromatic nitrogens is 1. The summed E-state index contributed by atoms with van der Waals surface area (Å²) in [5, 5.41) is 12.1. The highest BCUT2D eigenvalue weighted by molar-refractivity contribution is 5.93. The van der Waals surface area contributed by atoms with Gasteiger partial charge in [-0.3, -0.25) is 4.79 Å². The first-order valence-electron chi connectivity index (χ1n) is 7.92. The Kier molecular flexibility index (Phi) is 4.50. The molecular weight excluding hydrogens is 334 g/mol. The number of H-pyrrole nitrogens is 1. The number of aryl methyl sites for hydroxylation is 1. The predicted octanol–water partition coefficient (Wildman–Crippen LogP) is 2.41. The van der Waals surface area contributed by atoms with Gasteiger partial charge in [-0.1, -0.05) is 0 Å². The molecule has 2 heterocycles. The third-order valence-corrected chi connectivity index (χ3v) is 4.25. The highest BCUT2D eigenvalue weighted by Crippen LogP contribution is 2.31. The fraction of sp³-hybridized carbons (Fsp3) is 0.211. The third-order valence-electron chi connectivity index (χ3n) is 4.25. The summed E-state index contributed by atoms with van der Waals surface area (Å²) >= 11 is 0. The minimum Gasteiger partial charge on any atom is -0.493 e. The number of fused-ring (bicyclic) bond motifs is 1. The molecule has 2 N–H and O–H groups in total. The number of allylic oxidation sites excluding steroid dienone is 1. The molecule has 0 bridgehead atoms. The van der Waals surface area contributed by atoms with E-state index in [0.29, 0.717) is 22.4 Å². The molecule has 0 fully saturated rings. The average molecular weight is 351 g/mol. The summed E-state index contributed by atoms with van der Waals surface area (Å²) in [4.78, 5) is 27.4. The van der Waals surface area contributed by atoms with E-state index in [9.17, 15) is 9.59 Å². The third kappa shape index (κ3) is 3.05. The Morgan fingerprint density at radius 1 is 1.27 bits per heavy atom. The number of aromatic amines is 1. The highest BCUT2D eigenvalue weighted by atomic mass is 16.6. The monoisotopic (exact) mass is 351 g/mol. The topological polar surface area (TPSA) is 104 Å². The first-order valence-corrected chi connectivity index (χ1v) is 7.92. The van der Waals surface area contributed by atoms with Crippen molar-refractivity contribution in [2.24, 2.45) is 0 Å². The maximum absolute atomic E-state index is 12.7. The fourth-order valence-corrected chi connectivity index (χ4v) is 2.81. The normalized spacial score (nSPS) is 12.7. The lowest BCUT2D eigenvalue weighted by Crippen LogP contribution is -2.27. The van der Waals surface area contributed by atoms with Crippen molar-refractivity contribution in [3.05, 3.63) is 62.7 Å². The van der Waals surface area contributed by atoms with E-state index in [1.54, 1.807) is 13.1 Å². The number of benzene rings is 1. The van der Waals surface area contributed by atoms with E-state index in [2.05, 4.69) is 10.3 Å². The van der Waals surface area contributed by atoms with Gasteiger partial charge in [-0.25, -0.2) is 4.79 Å². The first kappa shape index (κ1) is 17.3. The summed E-state index contributed by atoms with van der Waals surface area (Å²) in [7, 11) is 1.43. The lowest BCUT2D eigenvalue weighted by molar-refractivity contribution is -0.130. The molecule has 0 unspecified atom stereocenters. The molecule has 0 atom stereocenters. The Hall–Kier alpha value is -3.53. The van der Waals surface area contributed by atoms with Gasteiger partial charge in [0.25, 0.3) is 5.56 Å². The number of hydrogen-bond donors (Lipinski definition) is 2. The Bertz CT molecular complexity index is 1030. The molecular formula is C19H17N3O4. The van der Waals surface area contributed by atoms with Crippen LogP contribution >= 0.6 is 0 Å². The standard InChI is InChI=1S/C19H17N3O4/c1-10-9-21-18(23)14-7-13(11(2)22-17(10)14)19(24)26-15-5-4-12(8-20)6-16(15)25-3/h4-6,9,22H,7H2,1-3H3,(H,21,23). The van der Waals surface area contributed by atoms with Crippen molar-refractivity contribution < 1.29 is 14.3 Å². The minimum absolute atomic E-state index is 0.169. The van der Waals surface area contributed by atoms with Gasteiger partial charge in [0.05, 0.1) is 30.0 Å². The summed E-state index contributed by atoms with van der Waals surface area (Å²) in [5.74, 6) is -0.0844. The Morgan fingerprint density at radius 2 is 2.04 bits per heavy atom. The molecule has 1 aromatic heterocycles. The molecule has 26 heavy (non-hydrogen) atoms. The van der Waals surface area contributed by atoms with E-state index in [0.717, 1.165) is 11.3 Å². The van der Waals surface area contributed by atoms with Crippen molar-refractivity contribution in [1.29, 1.82) is 5.26 Å². The number of hydrogen-bond acceptors (Lipinski definition) is 6. The van der Waals surface area contributed by atoms with Crippen LogP contribution in [-0.2, 0) is 11.2 Å². The lowest BCUT2D eigenvalue weighted by Gasteiger charge is -2.22.